The van der Waals surface area contributed by atoms with Gasteiger partial charge in [-0.25, -0.2) is 4.39 Å². The van der Waals surface area contributed by atoms with E-state index in [1.807, 2.05) is 19.1 Å². The third-order valence-electron chi connectivity index (χ3n) is 2.84. The summed E-state index contributed by atoms with van der Waals surface area (Å²) in [5, 5.41) is 0. The molecule has 2 nitrogen and oxygen atoms in total. The van der Waals surface area contributed by atoms with Crippen molar-refractivity contribution in [2.24, 2.45) is 5.73 Å². The zero-order chi connectivity index (χ0) is 13.2. The third kappa shape index (κ3) is 3.15. The highest BCUT2D eigenvalue weighted by atomic mass is 79.9. The maximum atomic E-state index is 12.9. The Balaban J connectivity index is 2.20. The first-order valence-corrected chi connectivity index (χ1v) is 6.42. The molecule has 0 fully saturated rings. The highest BCUT2D eigenvalue weighted by molar-refractivity contribution is 9.10. The minimum atomic E-state index is -0.561. The Morgan fingerprint density at radius 2 is 1.89 bits per heavy atom. The lowest BCUT2D eigenvalue weighted by Crippen LogP contribution is -2.35. The minimum absolute atomic E-state index is 0.253. The van der Waals surface area contributed by atoms with E-state index < -0.39 is 5.54 Å². The van der Waals surface area contributed by atoms with Crippen LogP contribution < -0.4 is 5.73 Å². The van der Waals surface area contributed by atoms with Crippen LogP contribution in [-0.2, 0) is 12.0 Å². The van der Waals surface area contributed by atoms with Crippen LogP contribution in [0.3, 0.4) is 0 Å². The number of pyridine rings is 1. The molecular weight excluding hydrogens is 295 g/mol. The molecule has 1 unspecified atom stereocenters. The molecule has 0 bridgehead atoms. The molecule has 2 N–H and O–H groups in total. The molecule has 0 aliphatic rings. The normalized spacial score (nSPS) is 14.2. The fraction of sp³-hybridized carbons (Fsp3) is 0.214. The molecule has 18 heavy (non-hydrogen) atoms. The van der Waals surface area contributed by atoms with Gasteiger partial charge in [-0.15, -0.1) is 0 Å². The van der Waals surface area contributed by atoms with Crippen LogP contribution in [0.5, 0.6) is 0 Å². The highest BCUT2D eigenvalue weighted by Gasteiger charge is 2.22. The second-order valence-corrected chi connectivity index (χ2v) is 5.48. The highest BCUT2D eigenvalue weighted by Crippen LogP contribution is 2.22. The van der Waals surface area contributed by atoms with E-state index >= 15 is 0 Å². The molecule has 0 aliphatic heterocycles. The van der Waals surface area contributed by atoms with E-state index in [2.05, 4.69) is 20.9 Å². The summed E-state index contributed by atoms with van der Waals surface area (Å²) in [5.41, 5.74) is 7.53. The topological polar surface area (TPSA) is 38.9 Å². The number of nitrogens with zero attached hydrogens (tertiary/aromatic N) is 1. The van der Waals surface area contributed by atoms with Crippen molar-refractivity contribution in [1.82, 2.24) is 4.98 Å². The van der Waals surface area contributed by atoms with Crippen molar-refractivity contribution in [3.8, 4) is 0 Å². The lowest BCUT2D eigenvalue weighted by Gasteiger charge is -2.25. The van der Waals surface area contributed by atoms with Crippen LogP contribution >= 0.6 is 15.9 Å². The number of hydrogen-bond acceptors (Lipinski definition) is 2. The molecule has 2 aromatic rings. The maximum Gasteiger partial charge on any atom is 0.123 e. The number of benzene rings is 1. The summed E-state index contributed by atoms with van der Waals surface area (Å²) in [6.07, 6.45) is 2.35. The molecule has 1 aromatic carbocycles. The van der Waals surface area contributed by atoms with Gasteiger partial charge in [-0.05, 0) is 52.7 Å². The molecular formula is C14H14BrFN2. The number of hydrogen-bond donors (Lipinski definition) is 1. The van der Waals surface area contributed by atoms with Crippen LogP contribution in [0.4, 0.5) is 4.39 Å². The first kappa shape index (κ1) is 13.2. The number of halogens is 2. The Bertz CT molecular complexity index is 520. The summed E-state index contributed by atoms with van der Waals surface area (Å²) in [7, 11) is 0. The van der Waals surface area contributed by atoms with E-state index in [9.17, 15) is 4.39 Å². The Kier molecular flexibility index (Phi) is 3.78. The SMILES string of the molecule is CC(N)(Cc1ccc(Br)cn1)c1ccc(F)cc1. The van der Waals surface area contributed by atoms with E-state index in [-0.39, 0.29) is 5.82 Å². The molecule has 0 saturated carbocycles. The lowest BCUT2D eigenvalue weighted by molar-refractivity contribution is 0.483. The second-order valence-electron chi connectivity index (χ2n) is 4.57. The van der Waals surface area contributed by atoms with Gasteiger partial charge in [-0.1, -0.05) is 12.1 Å². The van der Waals surface area contributed by atoms with Crippen LogP contribution in [0.25, 0.3) is 0 Å². The summed E-state index contributed by atoms with van der Waals surface area (Å²) >= 11 is 3.34. The Labute approximate surface area is 114 Å². The molecule has 0 saturated heterocycles. The monoisotopic (exact) mass is 308 g/mol. The number of nitrogens with two attached hydrogens (primary N) is 1. The number of rotatable bonds is 3. The van der Waals surface area contributed by atoms with E-state index in [4.69, 9.17) is 5.73 Å². The van der Waals surface area contributed by atoms with E-state index in [1.54, 1.807) is 18.3 Å². The largest absolute Gasteiger partial charge is 0.321 e. The molecule has 0 spiro atoms. The number of aromatic nitrogens is 1. The molecule has 2 rings (SSSR count). The van der Waals surface area contributed by atoms with Gasteiger partial charge in [-0.2, -0.15) is 0 Å². The van der Waals surface area contributed by atoms with Crippen LogP contribution in [0.15, 0.2) is 47.1 Å². The predicted molar refractivity (Wildman–Crippen MR) is 73.6 cm³/mol. The van der Waals surface area contributed by atoms with Gasteiger partial charge >= 0.3 is 0 Å². The summed E-state index contributed by atoms with van der Waals surface area (Å²) in [6, 6.07) is 10.1. The minimum Gasteiger partial charge on any atom is -0.321 e. The van der Waals surface area contributed by atoms with Gasteiger partial charge in [0.1, 0.15) is 5.82 Å². The van der Waals surface area contributed by atoms with Crippen LogP contribution in [0.1, 0.15) is 18.2 Å². The van der Waals surface area contributed by atoms with Gasteiger partial charge in [0.25, 0.3) is 0 Å². The van der Waals surface area contributed by atoms with Crippen LogP contribution in [0.2, 0.25) is 0 Å². The molecule has 0 aliphatic carbocycles. The fourth-order valence-corrected chi connectivity index (χ4v) is 2.05. The molecule has 1 aromatic heterocycles. The lowest BCUT2D eigenvalue weighted by atomic mass is 9.88. The van der Waals surface area contributed by atoms with Gasteiger partial charge in [0, 0.05) is 28.3 Å². The Morgan fingerprint density at radius 1 is 1.22 bits per heavy atom. The van der Waals surface area contributed by atoms with Crippen LogP contribution in [-0.4, -0.2) is 4.98 Å². The summed E-state index contributed by atoms with van der Waals surface area (Å²) in [4.78, 5) is 4.31. The fourth-order valence-electron chi connectivity index (χ4n) is 1.82. The van der Waals surface area contributed by atoms with Crippen molar-refractivity contribution in [2.45, 2.75) is 18.9 Å². The second kappa shape index (κ2) is 5.16. The molecule has 1 heterocycles. The van der Waals surface area contributed by atoms with Gasteiger partial charge in [-0.3, -0.25) is 4.98 Å². The summed E-state index contributed by atoms with van der Waals surface area (Å²) < 4.78 is 13.8. The zero-order valence-corrected chi connectivity index (χ0v) is 11.6. The molecule has 4 heteroatoms. The van der Waals surface area contributed by atoms with Crippen molar-refractivity contribution >= 4 is 15.9 Å². The summed E-state index contributed by atoms with van der Waals surface area (Å²) in [6.45, 7) is 1.92. The molecule has 1 atom stereocenters. The van der Waals surface area contributed by atoms with Crippen molar-refractivity contribution < 1.29 is 4.39 Å². The summed E-state index contributed by atoms with van der Waals surface area (Å²) in [5.74, 6) is -0.253. The quantitative estimate of drug-likeness (QED) is 0.944. The standard InChI is InChI=1S/C14H14BrFN2/c1-14(17,10-2-5-12(16)6-3-10)8-13-7-4-11(15)9-18-13/h2-7,9H,8,17H2,1H3. The molecule has 0 amide bonds. The maximum absolute atomic E-state index is 12.9. The van der Waals surface area contributed by atoms with Gasteiger partial charge in [0.15, 0.2) is 0 Å². The van der Waals surface area contributed by atoms with Gasteiger partial charge in [0.05, 0.1) is 0 Å². The average molecular weight is 309 g/mol. The van der Waals surface area contributed by atoms with E-state index in [0.29, 0.717) is 6.42 Å². The van der Waals surface area contributed by atoms with E-state index in [0.717, 1.165) is 15.7 Å². The predicted octanol–water partition coefficient (Wildman–Crippen LogP) is 3.40. The first-order valence-electron chi connectivity index (χ1n) is 5.63. The van der Waals surface area contributed by atoms with Crippen molar-refractivity contribution in [1.29, 1.82) is 0 Å². The van der Waals surface area contributed by atoms with Gasteiger partial charge < -0.3 is 5.73 Å². The van der Waals surface area contributed by atoms with Crippen molar-refractivity contribution in [3.63, 3.8) is 0 Å². The first-order chi connectivity index (χ1) is 8.47. The smallest absolute Gasteiger partial charge is 0.123 e. The van der Waals surface area contributed by atoms with Crippen molar-refractivity contribution in [2.75, 3.05) is 0 Å². The van der Waals surface area contributed by atoms with Crippen LogP contribution in [0, 0.1) is 5.82 Å². The Hall–Kier alpha value is -1.26. The van der Waals surface area contributed by atoms with Gasteiger partial charge in [0.2, 0.25) is 0 Å². The zero-order valence-electron chi connectivity index (χ0n) is 10.0. The van der Waals surface area contributed by atoms with Crippen molar-refractivity contribution in [3.05, 3.63) is 64.1 Å². The van der Waals surface area contributed by atoms with E-state index in [1.165, 1.54) is 12.1 Å². The third-order valence-corrected chi connectivity index (χ3v) is 3.31. The Morgan fingerprint density at radius 3 is 2.44 bits per heavy atom. The average Bonchev–Trinajstić information content (AvgIpc) is 2.32. The molecule has 0 radical (unpaired) electrons. The molecule has 94 valence electrons.